The number of carbonyl (C=O) groups excluding carboxylic acids is 2. The molecule has 2 unspecified atom stereocenters. The Kier molecular flexibility index (Phi) is 1.18. The number of allylic oxidation sites excluding steroid dienone is 2. The molecule has 3 heteroatoms. The van der Waals surface area contributed by atoms with Gasteiger partial charge in [0.1, 0.15) is 0 Å². The summed E-state index contributed by atoms with van der Waals surface area (Å²) in [6.07, 6.45) is 7.21. The Morgan fingerprint density at radius 2 is 1.91 bits per heavy atom. The molecular weight excluding hydrogens is 142 g/mol. The van der Waals surface area contributed by atoms with Gasteiger partial charge >= 0.3 is 0 Å². The van der Waals surface area contributed by atoms with E-state index < -0.39 is 5.91 Å². The van der Waals surface area contributed by atoms with Crippen LogP contribution in [0.2, 0.25) is 0 Å². The molecule has 0 aromatic heterocycles. The van der Waals surface area contributed by atoms with Crippen molar-refractivity contribution in [3.63, 3.8) is 0 Å². The van der Waals surface area contributed by atoms with Gasteiger partial charge in [-0.15, -0.1) is 0 Å². The average molecular weight is 149 g/mol. The van der Waals surface area contributed by atoms with Crippen LogP contribution in [-0.4, -0.2) is 17.7 Å². The molecule has 1 amide bonds. The first-order chi connectivity index (χ1) is 5.29. The molecule has 0 radical (unpaired) electrons. The Labute approximate surface area is 63.8 Å². The molecular formula is C8H7NO2. The van der Waals surface area contributed by atoms with Crippen LogP contribution < -0.4 is 5.32 Å². The summed E-state index contributed by atoms with van der Waals surface area (Å²) in [7, 11) is 0. The van der Waals surface area contributed by atoms with E-state index in [1.165, 1.54) is 0 Å². The van der Waals surface area contributed by atoms with Crippen molar-refractivity contribution in [1.29, 1.82) is 0 Å². The Morgan fingerprint density at radius 3 is 2.64 bits per heavy atom. The third-order valence-corrected chi connectivity index (χ3v) is 1.96. The molecule has 0 saturated carbocycles. The molecule has 1 N–H and O–H groups in total. The van der Waals surface area contributed by atoms with Gasteiger partial charge in [-0.2, -0.15) is 0 Å². The van der Waals surface area contributed by atoms with Crippen LogP contribution >= 0.6 is 0 Å². The zero-order valence-electron chi connectivity index (χ0n) is 5.78. The summed E-state index contributed by atoms with van der Waals surface area (Å²) < 4.78 is 0. The van der Waals surface area contributed by atoms with Gasteiger partial charge < -0.3 is 5.32 Å². The lowest BCUT2D eigenvalue weighted by molar-refractivity contribution is -0.135. The van der Waals surface area contributed by atoms with Gasteiger partial charge in [0.05, 0.1) is 12.0 Å². The predicted octanol–water partition coefficient (Wildman–Crippen LogP) is -0.204. The highest BCUT2D eigenvalue weighted by Gasteiger charge is 2.38. The van der Waals surface area contributed by atoms with Gasteiger partial charge in [-0.3, -0.25) is 9.59 Å². The first-order valence-corrected chi connectivity index (χ1v) is 3.49. The number of amides is 1. The summed E-state index contributed by atoms with van der Waals surface area (Å²) in [5.41, 5.74) is 0. The SMILES string of the molecule is O=C1NC2C=CC=CC2C1=O. The summed E-state index contributed by atoms with van der Waals surface area (Å²) in [5, 5.41) is 2.58. The van der Waals surface area contributed by atoms with E-state index in [0.29, 0.717) is 0 Å². The van der Waals surface area contributed by atoms with E-state index in [9.17, 15) is 9.59 Å². The Hall–Kier alpha value is -1.38. The average Bonchev–Trinajstić information content (AvgIpc) is 2.30. The predicted molar refractivity (Wildman–Crippen MR) is 38.7 cm³/mol. The fraction of sp³-hybridized carbons (Fsp3) is 0.250. The van der Waals surface area contributed by atoms with E-state index in [0.717, 1.165) is 0 Å². The van der Waals surface area contributed by atoms with E-state index in [1.54, 1.807) is 12.2 Å². The molecule has 3 nitrogen and oxygen atoms in total. The van der Waals surface area contributed by atoms with Crippen molar-refractivity contribution in [2.45, 2.75) is 6.04 Å². The van der Waals surface area contributed by atoms with Crippen molar-refractivity contribution in [1.82, 2.24) is 5.32 Å². The minimum absolute atomic E-state index is 0.0972. The highest BCUT2D eigenvalue weighted by Crippen LogP contribution is 2.18. The van der Waals surface area contributed by atoms with Crippen molar-refractivity contribution >= 4 is 11.7 Å². The molecule has 1 aliphatic heterocycles. The fourth-order valence-electron chi connectivity index (χ4n) is 1.37. The standard InChI is InChI=1S/C8H7NO2/c10-7-5-3-1-2-4-6(5)9-8(7)11/h1-6H,(H,9,11). The molecule has 2 rings (SSSR count). The second kappa shape index (κ2) is 2.05. The van der Waals surface area contributed by atoms with E-state index in [2.05, 4.69) is 5.32 Å². The molecule has 1 aliphatic carbocycles. The van der Waals surface area contributed by atoms with E-state index in [4.69, 9.17) is 0 Å². The van der Waals surface area contributed by atoms with Crippen molar-refractivity contribution < 1.29 is 9.59 Å². The molecule has 0 aromatic carbocycles. The Balaban J connectivity index is 2.34. The van der Waals surface area contributed by atoms with Gasteiger partial charge in [0.2, 0.25) is 5.78 Å². The first kappa shape index (κ1) is 6.34. The second-order valence-electron chi connectivity index (χ2n) is 2.66. The molecule has 1 saturated heterocycles. The van der Waals surface area contributed by atoms with Crippen LogP contribution in [0.5, 0.6) is 0 Å². The van der Waals surface area contributed by atoms with Crippen molar-refractivity contribution in [3.8, 4) is 0 Å². The zero-order chi connectivity index (χ0) is 7.84. The van der Waals surface area contributed by atoms with Gasteiger partial charge in [-0.05, 0) is 0 Å². The van der Waals surface area contributed by atoms with Crippen LogP contribution in [0, 0.1) is 5.92 Å². The maximum atomic E-state index is 11.0. The van der Waals surface area contributed by atoms with E-state index >= 15 is 0 Å². The summed E-state index contributed by atoms with van der Waals surface area (Å²) in [4.78, 5) is 21.9. The molecule has 0 spiro atoms. The molecule has 0 bridgehead atoms. The van der Waals surface area contributed by atoms with Crippen LogP contribution in [0.25, 0.3) is 0 Å². The number of carbonyl (C=O) groups is 2. The second-order valence-corrected chi connectivity index (χ2v) is 2.66. The summed E-state index contributed by atoms with van der Waals surface area (Å²) in [6.45, 7) is 0. The van der Waals surface area contributed by atoms with Crippen LogP contribution in [0.15, 0.2) is 24.3 Å². The molecule has 2 aliphatic rings. The molecule has 1 heterocycles. The molecule has 1 fully saturated rings. The lowest BCUT2D eigenvalue weighted by atomic mass is 9.95. The zero-order valence-corrected chi connectivity index (χ0v) is 5.78. The number of nitrogens with one attached hydrogen (secondary N) is 1. The lowest BCUT2D eigenvalue weighted by Crippen LogP contribution is -2.26. The van der Waals surface area contributed by atoms with Crippen molar-refractivity contribution in [2.75, 3.05) is 0 Å². The number of rotatable bonds is 0. The Morgan fingerprint density at radius 1 is 1.18 bits per heavy atom. The fourth-order valence-corrected chi connectivity index (χ4v) is 1.37. The van der Waals surface area contributed by atoms with Gasteiger partial charge in [-0.1, -0.05) is 24.3 Å². The van der Waals surface area contributed by atoms with Gasteiger partial charge in [0.25, 0.3) is 5.91 Å². The normalized spacial score (nSPS) is 33.8. The van der Waals surface area contributed by atoms with Crippen LogP contribution in [0.4, 0.5) is 0 Å². The summed E-state index contributed by atoms with van der Waals surface area (Å²) in [6, 6.07) is -0.0972. The number of Topliss-reactive ketones (excluding diaryl/α,β-unsaturated/α-hetero) is 1. The Bertz CT molecular complexity index is 278. The number of hydrogen-bond donors (Lipinski definition) is 1. The number of ketones is 1. The van der Waals surface area contributed by atoms with Crippen LogP contribution in [0.1, 0.15) is 0 Å². The maximum Gasteiger partial charge on any atom is 0.288 e. The van der Waals surface area contributed by atoms with Crippen LogP contribution in [0.3, 0.4) is 0 Å². The molecule has 56 valence electrons. The molecule has 0 aromatic rings. The molecule has 2 atom stereocenters. The largest absolute Gasteiger partial charge is 0.342 e. The third-order valence-electron chi connectivity index (χ3n) is 1.96. The maximum absolute atomic E-state index is 11.0. The minimum atomic E-state index is -0.462. The van der Waals surface area contributed by atoms with Gasteiger partial charge in [0, 0.05) is 0 Å². The number of fused-ring (bicyclic) bond motifs is 1. The third kappa shape index (κ3) is 0.808. The highest BCUT2D eigenvalue weighted by atomic mass is 16.2. The summed E-state index contributed by atoms with van der Waals surface area (Å²) in [5.74, 6) is -1.04. The highest BCUT2D eigenvalue weighted by molar-refractivity contribution is 6.39. The topological polar surface area (TPSA) is 46.2 Å². The lowest BCUT2D eigenvalue weighted by Gasteiger charge is -2.11. The first-order valence-electron chi connectivity index (χ1n) is 3.49. The van der Waals surface area contributed by atoms with E-state index in [-0.39, 0.29) is 17.7 Å². The number of hydrogen-bond acceptors (Lipinski definition) is 2. The monoisotopic (exact) mass is 149 g/mol. The van der Waals surface area contributed by atoms with Gasteiger partial charge in [-0.25, -0.2) is 0 Å². The quantitative estimate of drug-likeness (QED) is 0.485. The van der Waals surface area contributed by atoms with E-state index in [1.807, 2.05) is 12.2 Å². The summed E-state index contributed by atoms with van der Waals surface area (Å²) >= 11 is 0. The van der Waals surface area contributed by atoms with Crippen LogP contribution in [-0.2, 0) is 9.59 Å². The van der Waals surface area contributed by atoms with Crippen molar-refractivity contribution in [2.24, 2.45) is 5.92 Å². The minimum Gasteiger partial charge on any atom is -0.342 e. The molecule has 11 heavy (non-hydrogen) atoms. The van der Waals surface area contributed by atoms with Gasteiger partial charge in [0.15, 0.2) is 0 Å². The smallest absolute Gasteiger partial charge is 0.288 e. The van der Waals surface area contributed by atoms with Crippen molar-refractivity contribution in [3.05, 3.63) is 24.3 Å².